The van der Waals surface area contributed by atoms with E-state index in [1.165, 1.54) is 37.4 Å². The van der Waals surface area contributed by atoms with Gasteiger partial charge in [-0.05, 0) is 65.7 Å². The lowest BCUT2D eigenvalue weighted by atomic mass is 10.00. The Morgan fingerprint density at radius 3 is 1.60 bits per heavy atom. The molecule has 4 aromatic carbocycles. The lowest BCUT2D eigenvalue weighted by Gasteiger charge is -2.16. The van der Waals surface area contributed by atoms with Gasteiger partial charge in [0.25, 0.3) is 0 Å². The van der Waals surface area contributed by atoms with Crippen LogP contribution in [0.3, 0.4) is 0 Å². The first-order valence-corrected chi connectivity index (χ1v) is 19.5. The molecule has 0 bridgehead atoms. The topological polar surface area (TPSA) is 114 Å². The van der Waals surface area contributed by atoms with E-state index in [4.69, 9.17) is 14.2 Å². The maximum absolute atomic E-state index is 14.8. The van der Waals surface area contributed by atoms with E-state index in [1.54, 1.807) is 29.9 Å². The molecule has 0 fully saturated rings. The maximum atomic E-state index is 14.8. The second-order valence-electron chi connectivity index (χ2n) is 12.2. The summed E-state index contributed by atoms with van der Waals surface area (Å²) in [7, 11) is -3.87. The van der Waals surface area contributed by atoms with Crippen LogP contribution in [0, 0.1) is 23.3 Å². The second-order valence-corrected chi connectivity index (χ2v) is 16.5. The molecule has 52 heavy (non-hydrogen) atoms. The predicted molar refractivity (Wildman–Crippen MR) is 188 cm³/mol. The van der Waals surface area contributed by atoms with Crippen LogP contribution in [0.25, 0.3) is 33.3 Å². The van der Waals surface area contributed by atoms with Gasteiger partial charge < -0.3 is 18.8 Å². The molecule has 2 aromatic heterocycles. The van der Waals surface area contributed by atoms with Gasteiger partial charge in [-0.15, -0.1) is 0 Å². The van der Waals surface area contributed by atoms with Crippen LogP contribution in [0.4, 0.5) is 17.6 Å². The summed E-state index contributed by atoms with van der Waals surface area (Å²) < 4.78 is 125. The highest BCUT2D eigenvalue weighted by molar-refractivity contribution is 7.90. The summed E-state index contributed by atoms with van der Waals surface area (Å²) in [6, 6.07) is 16.3. The van der Waals surface area contributed by atoms with E-state index >= 15 is 0 Å². The summed E-state index contributed by atoms with van der Waals surface area (Å²) in [4.78, 5) is 4.69. The maximum Gasteiger partial charge on any atom is 0.238 e. The Morgan fingerprint density at radius 1 is 0.635 bits per heavy atom. The van der Waals surface area contributed by atoms with Crippen molar-refractivity contribution < 1.29 is 48.6 Å². The first-order valence-electron chi connectivity index (χ1n) is 15.4. The number of hydrogen-bond acceptors (Lipinski definition) is 8. The number of aryl methyl sites for hydroxylation is 1. The lowest BCUT2D eigenvalue weighted by molar-refractivity contribution is 0.401. The van der Waals surface area contributed by atoms with E-state index in [0.29, 0.717) is 45.3 Å². The largest absolute Gasteiger partial charge is 0.479 e. The highest BCUT2D eigenvalue weighted by Crippen LogP contribution is 2.44. The fourth-order valence-electron chi connectivity index (χ4n) is 5.76. The first kappa shape index (κ1) is 36.4. The van der Waals surface area contributed by atoms with Crippen molar-refractivity contribution in [2.45, 2.75) is 11.5 Å². The molecule has 0 unspecified atom stereocenters. The molecule has 6 rings (SSSR count). The van der Waals surface area contributed by atoms with Crippen LogP contribution in [0.5, 0.6) is 28.9 Å². The standard InChI is InChI=1S/C37H30F4N2O7S2/c1-43-18-28(25-13-21(19-51(3,44)45)5-9-32(25)49-34-11-7-23(38)15-29(34)40)26-17-31(42-37(48-2)36(26)43)27-14-22(20-52(4,46)47)6-10-33(27)50-35-12-8-24(39)16-30(35)41/h5-18H,19-20H2,1-4H3. The number of ether oxygens (including phenoxy) is 3. The predicted octanol–water partition coefficient (Wildman–Crippen LogP) is 8.15. The van der Waals surface area contributed by atoms with Gasteiger partial charge in [-0.3, -0.25) is 0 Å². The van der Waals surface area contributed by atoms with Crippen LogP contribution in [0.1, 0.15) is 11.1 Å². The number of rotatable bonds is 11. The molecule has 0 saturated heterocycles. The van der Waals surface area contributed by atoms with E-state index in [2.05, 4.69) is 4.98 Å². The smallest absolute Gasteiger partial charge is 0.238 e. The molecule has 15 heteroatoms. The highest BCUT2D eigenvalue weighted by Gasteiger charge is 2.23. The third-order valence-corrected chi connectivity index (χ3v) is 9.57. The molecule has 2 heterocycles. The summed E-state index contributed by atoms with van der Waals surface area (Å²) in [6.07, 6.45) is 3.86. The average molecular weight is 755 g/mol. The summed E-state index contributed by atoms with van der Waals surface area (Å²) in [5, 5.41) is 0.484. The third kappa shape index (κ3) is 8.05. The number of pyridine rings is 1. The van der Waals surface area contributed by atoms with Crippen molar-refractivity contribution in [1.82, 2.24) is 9.55 Å². The molecular formula is C37H30F4N2O7S2. The van der Waals surface area contributed by atoms with E-state index < -0.39 is 42.9 Å². The Bertz CT molecular complexity index is 2590. The Morgan fingerprint density at radius 2 is 1.12 bits per heavy atom. The number of fused-ring (bicyclic) bond motifs is 1. The number of nitrogens with zero attached hydrogens (tertiary/aromatic N) is 2. The van der Waals surface area contributed by atoms with E-state index in [1.807, 2.05) is 0 Å². The van der Waals surface area contributed by atoms with Gasteiger partial charge in [0.1, 0.15) is 28.7 Å². The molecule has 6 aromatic rings. The van der Waals surface area contributed by atoms with Crippen molar-refractivity contribution >= 4 is 30.6 Å². The highest BCUT2D eigenvalue weighted by atomic mass is 32.2. The van der Waals surface area contributed by atoms with Gasteiger partial charge in [0.2, 0.25) is 5.88 Å². The Hall–Kier alpha value is -5.41. The van der Waals surface area contributed by atoms with Crippen molar-refractivity contribution in [2.24, 2.45) is 7.05 Å². The zero-order valence-electron chi connectivity index (χ0n) is 28.1. The molecule has 0 aliphatic carbocycles. The zero-order valence-corrected chi connectivity index (χ0v) is 29.7. The number of hydrogen-bond donors (Lipinski definition) is 0. The van der Waals surface area contributed by atoms with Crippen molar-refractivity contribution in [3.8, 4) is 51.3 Å². The summed E-state index contributed by atoms with van der Waals surface area (Å²) in [6.45, 7) is 0. The van der Waals surface area contributed by atoms with Crippen LogP contribution in [-0.4, -0.2) is 46.0 Å². The minimum Gasteiger partial charge on any atom is -0.479 e. The minimum atomic E-state index is -3.49. The normalized spacial score (nSPS) is 11.9. The van der Waals surface area contributed by atoms with Gasteiger partial charge in [0, 0.05) is 60.0 Å². The molecule has 0 amide bonds. The quantitative estimate of drug-likeness (QED) is 0.122. The Labute approximate surface area is 296 Å². The van der Waals surface area contributed by atoms with Gasteiger partial charge in [0.05, 0.1) is 24.3 Å². The van der Waals surface area contributed by atoms with Crippen molar-refractivity contribution in [2.75, 3.05) is 19.6 Å². The van der Waals surface area contributed by atoms with Gasteiger partial charge in [-0.2, -0.15) is 0 Å². The number of methoxy groups -OCH3 is 1. The second kappa shape index (κ2) is 14.0. The van der Waals surface area contributed by atoms with Crippen LogP contribution in [0.2, 0.25) is 0 Å². The number of halogens is 4. The molecule has 0 saturated carbocycles. The van der Waals surface area contributed by atoms with E-state index in [0.717, 1.165) is 36.8 Å². The molecule has 0 radical (unpaired) electrons. The third-order valence-electron chi connectivity index (χ3n) is 7.86. The minimum absolute atomic E-state index is 0.0556. The van der Waals surface area contributed by atoms with Crippen LogP contribution in [-0.2, 0) is 38.2 Å². The first-order chi connectivity index (χ1) is 24.5. The fourth-order valence-corrected chi connectivity index (χ4v) is 7.33. The molecule has 0 aliphatic rings. The van der Waals surface area contributed by atoms with E-state index in [-0.39, 0.29) is 51.6 Å². The van der Waals surface area contributed by atoms with E-state index in [9.17, 15) is 34.4 Å². The van der Waals surface area contributed by atoms with Crippen molar-refractivity contribution in [1.29, 1.82) is 0 Å². The Balaban J connectivity index is 1.59. The molecule has 270 valence electrons. The van der Waals surface area contributed by atoms with Gasteiger partial charge in [-0.1, -0.05) is 12.1 Å². The SMILES string of the molecule is COc1nc(-c2cc(CS(C)(=O)=O)ccc2Oc2ccc(F)cc2F)cc2c(-c3cc(CS(C)(=O)=O)ccc3Oc3ccc(F)cc3F)cn(C)c12. The summed E-state index contributed by atoms with van der Waals surface area (Å²) in [5.41, 5.74) is 2.47. The van der Waals surface area contributed by atoms with Gasteiger partial charge in [0.15, 0.2) is 42.8 Å². The molecule has 0 N–H and O–H groups in total. The molecule has 0 spiro atoms. The summed E-state index contributed by atoms with van der Waals surface area (Å²) >= 11 is 0. The number of sulfone groups is 2. The molecule has 9 nitrogen and oxygen atoms in total. The zero-order chi connectivity index (χ0) is 37.5. The van der Waals surface area contributed by atoms with Crippen LogP contribution >= 0.6 is 0 Å². The number of benzene rings is 4. The monoisotopic (exact) mass is 754 g/mol. The molecule has 0 atom stereocenters. The Kier molecular flexibility index (Phi) is 9.77. The summed E-state index contributed by atoms with van der Waals surface area (Å²) in [5.74, 6) is -4.51. The number of aromatic nitrogens is 2. The molecular weight excluding hydrogens is 725 g/mol. The van der Waals surface area contributed by atoms with Crippen molar-refractivity contribution in [3.63, 3.8) is 0 Å². The van der Waals surface area contributed by atoms with Crippen LogP contribution in [0.15, 0.2) is 85.1 Å². The van der Waals surface area contributed by atoms with Crippen molar-refractivity contribution in [3.05, 3.63) is 119 Å². The average Bonchev–Trinajstić information content (AvgIpc) is 3.39. The fraction of sp³-hybridized carbons (Fsp3) is 0.162. The molecule has 0 aliphatic heterocycles. The lowest BCUT2D eigenvalue weighted by Crippen LogP contribution is -2.02. The van der Waals surface area contributed by atoms with Gasteiger partial charge in [-0.25, -0.2) is 39.4 Å². The van der Waals surface area contributed by atoms with Crippen LogP contribution < -0.4 is 14.2 Å². The van der Waals surface area contributed by atoms with Gasteiger partial charge >= 0.3 is 0 Å².